The minimum atomic E-state index is -0.675. The molecule has 9 nitrogen and oxygen atoms in total. The minimum absolute atomic E-state index is 0.00764. The summed E-state index contributed by atoms with van der Waals surface area (Å²) in [4.78, 5) is 25.5. The van der Waals surface area contributed by atoms with Gasteiger partial charge in [-0.1, -0.05) is 19.1 Å². The van der Waals surface area contributed by atoms with Crippen molar-refractivity contribution in [1.82, 2.24) is 20.2 Å². The van der Waals surface area contributed by atoms with Crippen LogP contribution in [0.25, 0.3) is 10.9 Å². The average molecular weight is 501 g/mol. The van der Waals surface area contributed by atoms with Crippen molar-refractivity contribution in [3.05, 3.63) is 47.5 Å². The number of fused-ring (bicyclic) bond motifs is 1. The van der Waals surface area contributed by atoms with E-state index in [0.717, 1.165) is 5.56 Å². The molecule has 192 valence electrons. The maximum Gasteiger partial charge on any atom is 0.228 e. The van der Waals surface area contributed by atoms with Crippen molar-refractivity contribution in [3.63, 3.8) is 0 Å². The Bertz CT molecular complexity index is 1230. The van der Waals surface area contributed by atoms with E-state index in [1.165, 1.54) is 26.4 Å². The standard InChI is InChI=1S/C25H30F2N6O3/c1-4-29-18(15-5-7-16(26)8-6-15)14-20(34)32-9-11-33(12-10-32)25-30-22-17(24(28)31-25)13-19(35-2)23(36-3)21(22)27/h5-8,13,18,29H,4,9-12,14H2,1-3H3,(H2,28,30,31)/t18-/m1/s1. The van der Waals surface area contributed by atoms with E-state index < -0.39 is 5.82 Å². The van der Waals surface area contributed by atoms with Crippen LogP contribution in [0.5, 0.6) is 11.5 Å². The normalized spacial score (nSPS) is 14.7. The second-order valence-electron chi connectivity index (χ2n) is 8.46. The lowest BCUT2D eigenvalue weighted by molar-refractivity contribution is -0.132. The van der Waals surface area contributed by atoms with Crippen molar-refractivity contribution >= 4 is 28.6 Å². The van der Waals surface area contributed by atoms with Crippen LogP contribution in [-0.2, 0) is 4.79 Å². The summed E-state index contributed by atoms with van der Waals surface area (Å²) in [7, 11) is 2.76. The van der Waals surface area contributed by atoms with Crippen molar-refractivity contribution < 1.29 is 23.0 Å². The van der Waals surface area contributed by atoms with Gasteiger partial charge < -0.3 is 30.3 Å². The Kier molecular flexibility index (Phi) is 7.68. The van der Waals surface area contributed by atoms with Crippen molar-refractivity contribution in [1.29, 1.82) is 0 Å². The van der Waals surface area contributed by atoms with E-state index in [4.69, 9.17) is 15.2 Å². The van der Waals surface area contributed by atoms with E-state index in [1.807, 2.05) is 11.8 Å². The topological polar surface area (TPSA) is 106 Å². The molecule has 0 saturated carbocycles. The largest absolute Gasteiger partial charge is 0.493 e. The highest BCUT2D eigenvalue weighted by Crippen LogP contribution is 2.37. The van der Waals surface area contributed by atoms with Crippen molar-refractivity contribution in [2.24, 2.45) is 0 Å². The number of nitrogens with zero attached hydrogens (tertiary/aromatic N) is 4. The molecule has 3 aromatic rings. The van der Waals surface area contributed by atoms with Gasteiger partial charge in [-0.25, -0.2) is 13.8 Å². The summed E-state index contributed by atoms with van der Waals surface area (Å²) < 4.78 is 38.8. The van der Waals surface area contributed by atoms with E-state index in [0.29, 0.717) is 38.1 Å². The van der Waals surface area contributed by atoms with Gasteiger partial charge in [0.2, 0.25) is 11.9 Å². The first-order valence-electron chi connectivity index (χ1n) is 11.8. The predicted octanol–water partition coefficient (Wildman–Crippen LogP) is 2.90. The molecule has 1 amide bonds. The minimum Gasteiger partial charge on any atom is -0.493 e. The molecule has 2 heterocycles. The Labute approximate surface area is 208 Å². The molecule has 36 heavy (non-hydrogen) atoms. The first kappa shape index (κ1) is 25.4. The lowest BCUT2D eigenvalue weighted by atomic mass is 10.0. The third-order valence-corrected chi connectivity index (χ3v) is 6.31. The third-order valence-electron chi connectivity index (χ3n) is 6.31. The van der Waals surface area contributed by atoms with Gasteiger partial charge in [-0.05, 0) is 30.3 Å². The van der Waals surface area contributed by atoms with E-state index >= 15 is 4.39 Å². The second kappa shape index (κ2) is 10.9. The Morgan fingerprint density at radius 1 is 1.11 bits per heavy atom. The number of aromatic nitrogens is 2. The van der Waals surface area contributed by atoms with E-state index in [-0.39, 0.29) is 53.0 Å². The molecule has 11 heteroatoms. The Hall–Kier alpha value is -3.73. The predicted molar refractivity (Wildman–Crippen MR) is 133 cm³/mol. The van der Waals surface area contributed by atoms with Gasteiger partial charge in [0, 0.05) is 44.0 Å². The van der Waals surface area contributed by atoms with Crippen LogP contribution in [-0.4, -0.2) is 67.7 Å². The molecular formula is C25H30F2N6O3. The number of halogens is 2. The summed E-state index contributed by atoms with van der Waals surface area (Å²) in [5, 5.41) is 3.63. The summed E-state index contributed by atoms with van der Waals surface area (Å²) in [6.07, 6.45) is 0.256. The average Bonchev–Trinajstić information content (AvgIpc) is 2.89. The number of anilines is 2. The van der Waals surface area contributed by atoms with E-state index in [2.05, 4.69) is 15.3 Å². The zero-order chi connectivity index (χ0) is 25.8. The number of hydrogen-bond acceptors (Lipinski definition) is 8. The summed E-state index contributed by atoms with van der Waals surface area (Å²) in [6.45, 7) is 4.48. The van der Waals surface area contributed by atoms with Crippen LogP contribution in [0.4, 0.5) is 20.5 Å². The fourth-order valence-corrected chi connectivity index (χ4v) is 4.39. The fraction of sp³-hybridized carbons (Fsp3) is 0.400. The highest BCUT2D eigenvalue weighted by Gasteiger charge is 2.27. The first-order valence-corrected chi connectivity index (χ1v) is 11.8. The lowest BCUT2D eigenvalue weighted by Crippen LogP contribution is -2.49. The molecule has 0 radical (unpaired) electrons. The zero-order valence-corrected chi connectivity index (χ0v) is 20.6. The first-order chi connectivity index (χ1) is 17.4. The number of methoxy groups -OCH3 is 2. The van der Waals surface area contributed by atoms with Gasteiger partial charge in [-0.3, -0.25) is 4.79 Å². The highest BCUT2D eigenvalue weighted by atomic mass is 19.1. The van der Waals surface area contributed by atoms with Gasteiger partial charge >= 0.3 is 0 Å². The Balaban J connectivity index is 1.47. The Morgan fingerprint density at radius 3 is 2.42 bits per heavy atom. The number of piperazine rings is 1. The summed E-state index contributed by atoms with van der Waals surface area (Å²) in [5.74, 6) is -0.435. The highest BCUT2D eigenvalue weighted by molar-refractivity contribution is 5.92. The van der Waals surface area contributed by atoms with Gasteiger partial charge in [0.1, 0.15) is 17.2 Å². The number of hydrogen-bond donors (Lipinski definition) is 2. The van der Waals surface area contributed by atoms with Crippen LogP contribution >= 0.6 is 0 Å². The van der Waals surface area contributed by atoms with E-state index in [1.54, 1.807) is 23.1 Å². The maximum absolute atomic E-state index is 15.1. The number of benzene rings is 2. The smallest absolute Gasteiger partial charge is 0.228 e. The molecule has 1 atom stereocenters. The second-order valence-corrected chi connectivity index (χ2v) is 8.46. The number of carbonyl (C=O) groups is 1. The van der Waals surface area contributed by atoms with Crippen LogP contribution < -0.4 is 25.4 Å². The number of carbonyl (C=O) groups excluding carboxylic acids is 1. The molecule has 0 bridgehead atoms. The molecule has 4 rings (SSSR count). The van der Waals surface area contributed by atoms with Gasteiger partial charge in [-0.15, -0.1) is 0 Å². The molecule has 1 saturated heterocycles. The van der Waals surface area contributed by atoms with Gasteiger partial charge in [0.05, 0.1) is 14.2 Å². The summed E-state index contributed by atoms with van der Waals surface area (Å²) in [5.41, 5.74) is 7.04. The molecule has 1 aliphatic heterocycles. The fourth-order valence-electron chi connectivity index (χ4n) is 4.39. The zero-order valence-electron chi connectivity index (χ0n) is 20.6. The van der Waals surface area contributed by atoms with Crippen LogP contribution in [0.1, 0.15) is 24.9 Å². The third kappa shape index (κ3) is 5.11. The molecule has 1 aliphatic rings. The molecule has 2 aromatic carbocycles. The molecule has 0 aliphatic carbocycles. The number of nitrogens with one attached hydrogen (secondary N) is 1. The van der Waals surface area contributed by atoms with E-state index in [9.17, 15) is 9.18 Å². The van der Waals surface area contributed by atoms with Crippen molar-refractivity contribution in [3.8, 4) is 11.5 Å². The molecule has 0 spiro atoms. The summed E-state index contributed by atoms with van der Waals surface area (Å²) >= 11 is 0. The van der Waals surface area contributed by atoms with Crippen molar-refractivity contribution in [2.75, 3.05) is 57.6 Å². The van der Waals surface area contributed by atoms with Gasteiger partial charge in [0.15, 0.2) is 17.3 Å². The SMILES string of the molecule is CCN[C@H](CC(=O)N1CCN(c2nc(N)c3cc(OC)c(OC)c(F)c3n2)CC1)c1ccc(F)cc1. The van der Waals surface area contributed by atoms with Crippen LogP contribution in [0.3, 0.4) is 0 Å². The molecule has 3 N–H and O–H groups in total. The van der Waals surface area contributed by atoms with Gasteiger partial charge in [-0.2, -0.15) is 4.98 Å². The molecule has 1 aromatic heterocycles. The number of rotatable bonds is 8. The molecular weight excluding hydrogens is 470 g/mol. The van der Waals surface area contributed by atoms with Crippen molar-refractivity contribution in [2.45, 2.75) is 19.4 Å². The lowest BCUT2D eigenvalue weighted by Gasteiger charge is -2.35. The molecule has 0 unspecified atom stereocenters. The summed E-state index contributed by atoms with van der Waals surface area (Å²) in [6, 6.07) is 7.52. The number of nitrogens with two attached hydrogens (primary N) is 1. The van der Waals surface area contributed by atoms with Gasteiger partial charge in [0.25, 0.3) is 0 Å². The van der Waals surface area contributed by atoms with Crippen LogP contribution in [0, 0.1) is 11.6 Å². The number of nitrogen functional groups attached to an aromatic ring is 1. The number of ether oxygens (including phenoxy) is 2. The number of amides is 1. The maximum atomic E-state index is 15.1. The quantitative estimate of drug-likeness (QED) is 0.487. The Morgan fingerprint density at radius 2 is 1.81 bits per heavy atom. The van der Waals surface area contributed by atoms with Crippen LogP contribution in [0.2, 0.25) is 0 Å². The van der Waals surface area contributed by atoms with Crippen LogP contribution in [0.15, 0.2) is 30.3 Å². The molecule has 1 fully saturated rings. The monoisotopic (exact) mass is 500 g/mol.